The van der Waals surface area contributed by atoms with Crippen LogP contribution >= 0.6 is 0 Å². The first-order valence-electron chi connectivity index (χ1n) is 3.64. The Balaban J connectivity index is 3.38. The van der Waals surface area contributed by atoms with Gasteiger partial charge in [0.1, 0.15) is 17.7 Å². The van der Waals surface area contributed by atoms with Crippen LogP contribution in [0.15, 0.2) is 12.1 Å². The fourth-order valence-corrected chi connectivity index (χ4v) is 0.924. The minimum Gasteiger partial charge on any atom is -0.475 e. The number of ketones is 1. The van der Waals surface area contributed by atoms with Crippen LogP contribution in [0.1, 0.15) is 15.9 Å². The molecule has 15 heavy (non-hydrogen) atoms. The fraction of sp³-hybridized carbons (Fsp3) is 0. The van der Waals surface area contributed by atoms with Crippen molar-refractivity contribution < 1.29 is 23.5 Å². The summed E-state index contributed by atoms with van der Waals surface area (Å²) in [7, 11) is 0. The third-order valence-electron chi connectivity index (χ3n) is 1.62. The maximum atomic E-state index is 12.9. The lowest BCUT2D eigenvalue weighted by Gasteiger charge is -2.00. The molecule has 0 aliphatic heterocycles. The molecule has 0 atom stereocenters. The number of carbonyl (C=O) groups is 2. The van der Waals surface area contributed by atoms with Crippen LogP contribution in [0.25, 0.3) is 0 Å². The molecule has 1 aromatic carbocycles. The molecule has 0 saturated heterocycles. The number of carboxylic acid groups (broad SMARTS) is 1. The van der Waals surface area contributed by atoms with Crippen molar-refractivity contribution in [2.75, 3.05) is 0 Å². The maximum Gasteiger partial charge on any atom is 0.377 e. The second-order valence-corrected chi connectivity index (χ2v) is 2.56. The SMILES string of the molecule is N#Cc1cc(C(=O)C(=O)O)c(F)cc1F. The van der Waals surface area contributed by atoms with E-state index in [0.29, 0.717) is 12.1 Å². The third kappa shape index (κ3) is 1.96. The van der Waals surface area contributed by atoms with Crippen molar-refractivity contribution in [3.63, 3.8) is 0 Å². The van der Waals surface area contributed by atoms with E-state index in [9.17, 15) is 18.4 Å². The predicted octanol–water partition coefficient (Wildman–Crippen LogP) is 1.10. The van der Waals surface area contributed by atoms with Gasteiger partial charge in [0.25, 0.3) is 5.78 Å². The van der Waals surface area contributed by atoms with Gasteiger partial charge in [0.15, 0.2) is 0 Å². The zero-order chi connectivity index (χ0) is 11.6. The largest absolute Gasteiger partial charge is 0.475 e. The predicted molar refractivity (Wildman–Crippen MR) is 43.0 cm³/mol. The second-order valence-electron chi connectivity index (χ2n) is 2.56. The number of hydrogen-bond acceptors (Lipinski definition) is 3. The van der Waals surface area contributed by atoms with E-state index < -0.39 is 34.5 Å². The average molecular weight is 211 g/mol. The molecular formula is C9H3F2NO3. The van der Waals surface area contributed by atoms with Crippen LogP contribution in [0.4, 0.5) is 8.78 Å². The third-order valence-corrected chi connectivity index (χ3v) is 1.62. The minimum atomic E-state index is -1.87. The first-order chi connectivity index (χ1) is 6.97. The van der Waals surface area contributed by atoms with Crippen LogP contribution in [-0.2, 0) is 4.79 Å². The van der Waals surface area contributed by atoms with Crippen LogP contribution in [0.3, 0.4) is 0 Å². The van der Waals surface area contributed by atoms with Crippen molar-refractivity contribution in [3.05, 3.63) is 34.9 Å². The first kappa shape index (κ1) is 10.8. The molecule has 0 aliphatic carbocycles. The smallest absolute Gasteiger partial charge is 0.377 e. The molecule has 0 aliphatic rings. The number of nitrogens with zero attached hydrogens (tertiary/aromatic N) is 1. The molecule has 0 spiro atoms. The summed E-state index contributed by atoms with van der Waals surface area (Å²) in [6.07, 6.45) is 0. The molecule has 4 nitrogen and oxygen atoms in total. The zero-order valence-electron chi connectivity index (χ0n) is 7.12. The molecule has 1 rings (SSSR count). The number of halogens is 2. The van der Waals surface area contributed by atoms with Crippen molar-refractivity contribution >= 4 is 11.8 Å². The number of Topliss-reactive ketones (excluding diaryl/α,β-unsaturated/α-hetero) is 1. The van der Waals surface area contributed by atoms with Crippen molar-refractivity contribution in [1.29, 1.82) is 5.26 Å². The summed E-state index contributed by atoms with van der Waals surface area (Å²) in [6.45, 7) is 0. The minimum absolute atomic E-state index is 0.300. The molecule has 1 N–H and O–H groups in total. The van der Waals surface area contributed by atoms with Crippen LogP contribution in [0, 0.1) is 23.0 Å². The molecule has 0 unspecified atom stereocenters. The van der Waals surface area contributed by atoms with Gasteiger partial charge in [0.2, 0.25) is 0 Å². The summed E-state index contributed by atoms with van der Waals surface area (Å²) in [5, 5.41) is 16.7. The van der Waals surface area contributed by atoms with E-state index in [4.69, 9.17) is 10.4 Å². The van der Waals surface area contributed by atoms with Gasteiger partial charge >= 0.3 is 5.97 Å². The Hall–Kier alpha value is -2.29. The average Bonchev–Trinajstić information content (AvgIpc) is 2.17. The lowest BCUT2D eigenvalue weighted by molar-refractivity contribution is -0.131. The van der Waals surface area contributed by atoms with E-state index in [1.54, 1.807) is 0 Å². The number of hydrogen-bond donors (Lipinski definition) is 1. The Morgan fingerprint density at radius 3 is 2.33 bits per heavy atom. The summed E-state index contributed by atoms with van der Waals surface area (Å²) in [5.41, 5.74) is -1.42. The Kier molecular flexibility index (Phi) is 2.76. The van der Waals surface area contributed by atoms with E-state index >= 15 is 0 Å². The summed E-state index contributed by atoms with van der Waals surface area (Å²) < 4.78 is 25.7. The molecule has 0 aromatic heterocycles. The van der Waals surface area contributed by atoms with Crippen LogP contribution < -0.4 is 0 Å². The number of rotatable bonds is 2. The maximum absolute atomic E-state index is 12.9. The van der Waals surface area contributed by atoms with Crippen LogP contribution in [0.2, 0.25) is 0 Å². The normalized spacial score (nSPS) is 9.40. The quantitative estimate of drug-likeness (QED) is 0.586. The standard InChI is InChI=1S/C9H3F2NO3/c10-6-2-7(11)5(1-4(6)3-12)8(13)9(14)15/h1-2H,(H,14,15). The van der Waals surface area contributed by atoms with Gasteiger partial charge in [-0.15, -0.1) is 0 Å². The summed E-state index contributed by atoms with van der Waals surface area (Å²) in [4.78, 5) is 21.1. The van der Waals surface area contributed by atoms with Crippen LogP contribution in [0.5, 0.6) is 0 Å². The van der Waals surface area contributed by atoms with E-state index in [2.05, 4.69) is 0 Å². The second kappa shape index (κ2) is 3.84. The summed E-state index contributed by atoms with van der Waals surface area (Å²) in [6, 6.07) is 2.24. The Bertz CT molecular complexity index is 491. The molecule has 1 aromatic rings. The van der Waals surface area contributed by atoms with Gasteiger partial charge in [0.05, 0.1) is 11.1 Å². The van der Waals surface area contributed by atoms with Crippen molar-refractivity contribution in [2.24, 2.45) is 0 Å². The topological polar surface area (TPSA) is 78.2 Å². The lowest BCUT2D eigenvalue weighted by Crippen LogP contribution is -2.15. The number of benzene rings is 1. The van der Waals surface area contributed by atoms with Crippen molar-refractivity contribution in [2.45, 2.75) is 0 Å². The van der Waals surface area contributed by atoms with Crippen molar-refractivity contribution in [1.82, 2.24) is 0 Å². The van der Waals surface area contributed by atoms with Gasteiger partial charge in [-0.2, -0.15) is 5.26 Å². The molecule has 0 amide bonds. The monoisotopic (exact) mass is 211 g/mol. The number of aliphatic carboxylic acids is 1. The lowest BCUT2D eigenvalue weighted by atomic mass is 10.1. The summed E-state index contributed by atoms with van der Waals surface area (Å²) >= 11 is 0. The van der Waals surface area contributed by atoms with Gasteiger partial charge in [-0.1, -0.05) is 0 Å². The Morgan fingerprint density at radius 1 is 1.27 bits per heavy atom. The molecule has 76 valence electrons. The fourth-order valence-electron chi connectivity index (χ4n) is 0.924. The first-order valence-corrected chi connectivity index (χ1v) is 3.64. The highest BCUT2D eigenvalue weighted by Crippen LogP contribution is 2.14. The van der Waals surface area contributed by atoms with Crippen LogP contribution in [-0.4, -0.2) is 16.9 Å². The van der Waals surface area contributed by atoms with Gasteiger partial charge in [-0.25, -0.2) is 13.6 Å². The van der Waals surface area contributed by atoms with Gasteiger partial charge in [0, 0.05) is 6.07 Å². The van der Waals surface area contributed by atoms with Gasteiger partial charge in [-0.05, 0) is 6.07 Å². The molecule has 0 bridgehead atoms. The zero-order valence-corrected chi connectivity index (χ0v) is 7.12. The highest BCUT2D eigenvalue weighted by Gasteiger charge is 2.21. The van der Waals surface area contributed by atoms with Gasteiger partial charge in [-0.3, -0.25) is 4.79 Å². The van der Waals surface area contributed by atoms with Crippen molar-refractivity contribution in [3.8, 4) is 6.07 Å². The van der Waals surface area contributed by atoms with Gasteiger partial charge < -0.3 is 5.11 Å². The molecule has 0 heterocycles. The summed E-state index contributed by atoms with van der Waals surface area (Å²) in [5.74, 6) is -5.84. The molecular weight excluding hydrogens is 208 g/mol. The Labute approximate surface area is 82.4 Å². The number of carboxylic acids is 1. The molecule has 0 saturated carbocycles. The van der Waals surface area contributed by atoms with E-state index in [1.165, 1.54) is 6.07 Å². The Morgan fingerprint density at radius 2 is 1.87 bits per heavy atom. The highest BCUT2D eigenvalue weighted by atomic mass is 19.1. The molecule has 0 radical (unpaired) electrons. The number of carbonyl (C=O) groups excluding carboxylic acids is 1. The van der Waals surface area contributed by atoms with E-state index in [0.717, 1.165) is 0 Å². The molecule has 0 fully saturated rings. The highest BCUT2D eigenvalue weighted by molar-refractivity contribution is 6.39. The number of nitriles is 1. The van der Waals surface area contributed by atoms with E-state index in [1.807, 2.05) is 0 Å². The van der Waals surface area contributed by atoms with E-state index in [-0.39, 0.29) is 0 Å². The molecule has 6 heteroatoms.